The number of benzene rings is 4. The van der Waals surface area contributed by atoms with Crippen LogP contribution in [0.4, 0.5) is 8.78 Å². The fraction of sp³-hybridized carbons (Fsp3) is 0.194. The van der Waals surface area contributed by atoms with E-state index in [-0.39, 0.29) is 16.7 Å². The number of carbonyl (C=O) groups is 1. The van der Waals surface area contributed by atoms with E-state index in [1.165, 1.54) is 44.8 Å². The fourth-order valence-electron chi connectivity index (χ4n) is 4.30. The Kier molecular flexibility index (Phi) is 9.04. The first-order chi connectivity index (χ1) is 17.6. The third kappa shape index (κ3) is 6.28. The molecule has 5 rings (SSSR count). The summed E-state index contributed by atoms with van der Waals surface area (Å²) in [5, 5.41) is 0. The highest BCUT2D eigenvalue weighted by Crippen LogP contribution is 2.40. The number of halogens is 2. The van der Waals surface area contributed by atoms with Crippen LogP contribution in [0.2, 0.25) is 0 Å². The lowest BCUT2D eigenvalue weighted by atomic mass is 10.1. The van der Waals surface area contributed by atoms with Crippen molar-refractivity contribution in [3.05, 3.63) is 125 Å². The van der Waals surface area contributed by atoms with Crippen molar-refractivity contribution in [1.29, 1.82) is 0 Å². The summed E-state index contributed by atoms with van der Waals surface area (Å²) in [5.41, 5.74) is 7.13. The standard InChI is InChI=1S/C23H23OS.C8H6F2O/c1-2-24-25(16-15-18-9-4-3-5-10-18)23-14-8-13-21-20-12-7-6-11-19(20)17-22(21)23;9-8(10)7(11)6-4-2-1-3-5-6/h3-14H,2,15-17H2,1H3;1-5,8H/q+1;. The van der Waals surface area contributed by atoms with E-state index in [1.807, 2.05) is 0 Å². The maximum absolute atomic E-state index is 11.8. The summed E-state index contributed by atoms with van der Waals surface area (Å²) in [6.45, 7) is 2.86. The van der Waals surface area contributed by atoms with Gasteiger partial charge in [-0.05, 0) is 35.2 Å². The summed E-state index contributed by atoms with van der Waals surface area (Å²) in [4.78, 5) is 12.0. The van der Waals surface area contributed by atoms with Gasteiger partial charge >= 0.3 is 6.43 Å². The highest BCUT2D eigenvalue weighted by atomic mass is 32.2. The number of Topliss-reactive ketones (excluding diaryl/α,β-unsaturated/α-hetero) is 1. The third-order valence-corrected chi connectivity index (χ3v) is 7.96. The van der Waals surface area contributed by atoms with Crippen molar-refractivity contribution in [2.75, 3.05) is 12.4 Å². The second kappa shape index (κ2) is 12.6. The lowest BCUT2D eigenvalue weighted by Crippen LogP contribution is -2.16. The van der Waals surface area contributed by atoms with E-state index in [2.05, 4.69) is 79.7 Å². The molecular formula is C31H29F2O2S+. The minimum absolute atomic E-state index is 0.0579. The van der Waals surface area contributed by atoms with Gasteiger partial charge in [-0.2, -0.15) is 4.18 Å². The van der Waals surface area contributed by atoms with Crippen LogP contribution in [0.25, 0.3) is 11.1 Å². The number of ketones is 1. The highest BCUT2D eigenvalue weighted by Gasteiger charge is 2.32. The van der Waals surface area contributed by atoms with Crippen LogP contribution in [0.1, 0.15) is 34.0 Å². The van der Waals surface area contributed by atoms with Crippen LogP contribution < -0.4 is 0 Å². The van der Waals surface area contributed by atoms with Crippen LogP contribution in [0.3, 0.4) is 0 Å². The van der Waals surface area contributed by atoms with Crippen LogP contribution in [-0.4, -0.2) is 24.6 Å². The molecule has 0 saturated heterocycles. The van der Waals surface area contributed by atoms with Gasteiger partial charge in [0.25, 0.3) is 0 Å². The average Bonchev–Trinajstić information content (AvgIpc) is 3.31. The van der Waals surface area contributed by atoms with Gasteiger partial charge in [0.1, 0.15) is 6.61 Å². The molecule has 4 aromatic rings. The first-order valence-electron chi connectivity index (χ1n) is 12.0. The molecule has 0 radical (unpaired) electrons. The van der Waals surface area contributed by atoms with Gasteiger partial charge in [0.05, 0.1) is 0 Å². The van der Waals surface area contributed by atoms with Gasteiger partial charge in [-0.1, -0.05) is 97.1 Å². The van der Waals surface area contributed by atoms with Crippen molar-refractivity contribution in [2.24, 2.45) is 0 Å². The lowest BCUT2D eigenvalue weighted by molar-refractivity contribution is 0.0679. The lowest BCUT2D eigenvalue weighted by Gasteiger charge is -2.10. The Hall–Kier alpha value is -3.28. The first-order valence-corrected chi connectivity index (χ1v) is 13.4. The number of hydrogen-bond acceptors (Lipinski definition) is 2. The molecule has 0 bridgehead atoms. The molecule has 0 amide bonds. The van der Waals surface area contributed by atoms with Crippen molar-refractivity contribution >= 4 is 17.0 Å². The number of rotatable bonds is 8. The maximum atomic E-state index is 11.8. The first kappa shape index (κ1) is 25.8. The summed E-state index contributed by atoms with van der Waals surface area (Å²) < 4.78 is 29.7. The van der Waals surface area contributed by atoms with Gasteiger partial charge in [0.15, 0.2) is 21.8 Å². The molecule has 4 aromatic carbocycles. The fourth-order valence-corrected chi connectivity index (χ4v) is 6.16. The molecule has 2 nitrogen and oxygen atoms in total. The predicted octanol–water partition coefficient (Wildman–Crippen LogP) is 7.56. The summed E-state index contributed by atoms with van der Waals surface area (Å²) in [6.07, 6.45) is -0.818. The number of aryl methyl sites for hydroxylation is 1. The Morgan fingerprint density at radius 1 is 0.833 bits per heavy atom. The highest BCUT2D eigenvalue weighted by molar-refractivity contribution is 7.92. The van der Waals surface area contributed by atoms with Crippen molar-refractivity contribution in [3.63, 3.8) is 0 Å². The number of fused-ring (bicyclic) bond motifs is 3. The van der Waals surface area contributed by atoms with Crippen LogP contribution in [-0.2, 0) is 28.2 Å². The van der Waals surface area contributed by atoms with E-state index in [4.69, 9.17) is 4.18 Å². The molecule has 1 unspecified atom stereocenters. The summed E-state index contributed by atoms with van der Waals surface area (Å²) in [5.74, 6) is -0.0735. The second-order valence-corrected chi connectivity index (χ2v) is 10.1. The van der Waals surface area contributed by atoms with Crippen molar-refractivity contribution in [2.45, 2.75) is 31.1 Å². The van der Waals surface area contributed by atoms with E-state index in [9.17, 15) is 13.6 Å². The zero-order chi connectivity index (χ0) is 25.3. The Morgan fingerprint density at radius 3 is 2.17 bits per heavy atom. The van der Waals surface area contributed by atoms with Gasteiger partial charge < -0.3 is 0 Å². The predicted molar refractivity (Wildman–Crippen MR) is 144 cm³/mol. The van der Waals surface area contributed by atoms with E-state index in [1.54, 1.807) is 18.2 Å². The van der Waals surface area contributed by atoms with Crippen LogP contribution in [0.5, 0.6) is 0 Å². The molecule has 36 heavy (non-hydrogen) atoms. The van der Waals surface area contributed by atoms with Gasteiger partial charge in [-0.15, -0.1) is 0 Å². The molecule has 1 atom stereocenters. The normalized spacial score (nSPS) is 12.3. The quantitative estimate of drug-likeness (QED) is 0.161. The molecule has 0 heterocycles. The molecule has 0 aliphatic heterocycles. The van der Waals surface area contributed by atoms with Crippen molar-refractivity contribution in [1.82, 2.24) is 0 Å². The van der Waals surface area contributed by atoms with E-state index in [0.717, 1.165) is 25.2 Å². The zero-order valence-electron chi connectivity index (χ0n) is 20.2. The largest absolute Gasteiger partial charge is 0.300 e. The molecule has 0 saturated carbocycles. The van der Waals surface area contributed by atoms with Gasteiger partial charge in [0, 0.05) is 24.0 Å². The summed E-state index contributed by atoms with van der Waals surface area (Å²) >= 11 is -0.158. The van der Waals surface area contributed by atoms with Crippen LogP contribution >= 0.6 is 0 Å². The van der Waals surface area contributed by atoms with E-state index in [0.29, 0.717) is 0 Å². The molecule has 0 fully saturated rings. The van der Waals surface area contributed by atoms with Crippen molar-refractivity contribution < 1.29 is 17.8 Å². The van der Waals surface area contributed by atoms with Crippen LogP contribution in [0.15, 0.2) is 108 Å². The minimum atomic E-state index is -2.91. The van der Waals surface area contributed by atoms with Gasteiger partial charge in [0.2, 0.25) is 5.78 Å². The molecule has 184 valence electrons. The Labute approximate surface area is 214 Å². The minimum Gasteiger partial charge on any atom is -0.288 e. The molecule has 5 heteroatoms. The monoisotopic (exact) mass is 503 g/mol. The maximum Gasteiger partial charge on any atom is 0.300 e. The Balaban J connectivity index is 0.000000233. The second-order valence-electron chi connectivity index (χ2n) is 8.34. The topological polar surface area (TPSA) is 26.3 Å². The van der Waals surface area contributed by atoms with Crippen LogP contribution in [0, 0.1) is 0 Å². The Morgan fingerprint density at radius 2 is 1.47 bits per heavy atom. The van der Waals surface area contributed by atoms with Gasteiger partial charge in [-0.25, -0.2) is 8.78 Å². The zero-order valence-corrected chi connectivity index (χ0v) is 21.0. The molecule has 0 aromatic heterocycles. The third-order valence-electron chi connectivity index (χ3n) is 5.99. The summed E-state index contributed by atoms with van der Waals surface area (Å²) in [6, 6.07) is 33.7. The molecular weight excluding hydrogens is 474 g/mol. The molecule has 0 spiro atoms. The molecule has 1 aliphatic carbocycles. The SMILES string of the molecule is CCO[S+](CCc1ccccc1)c1cccc2c1Cc1ccccc1-2.O=C(c1ccccc1)C(F)F. The number of carbonyl (C=O) groups excluding carboxylic acids is 1. The Bertz CT molecular complexity index is 1280. The molecule has 0 N–H and O–H groups in total. The van der Waals surface area contributed by atoms with Crippen molar-refractivity contribution in [3.8, 4) is 11.1 Å². The molecule has 1 aliphatic rings. The smallest absolute Gasteiger partial charge is 0.288 e. The van der Waals surface area contributed by atoms with E-state index >= 15 is 0 Å². The average molecular weight is 504 g/mol. The van der Waals surface area contributed by atoms with Gasteiger partial charge in [-0.3, -0.25) is 4.79 Å². The number of alkyl halides is 2. The van der Waals surface area contributed by atoms with E-state index < -0.39 is 12.2 Å². The summed E-state index contributed by atoms with van der Waals surface area (Å²) in [7, 11) is 0. The number of hydrogen-bond donors (Lipinski definition) is 0.